The normalized spacial score (nSPS) is 15.2. The van der Waals surface area contributed by atoms with E-state index in [9.17, 15) is 4.79 Å². The third-order valence-corrected chi connectivity index (χ3v) is 4.15. The van der Waals surface area contributed by atoms with Crippen molar-refractivity contribution in [2.24, 2.45) is 11.1 Å². The maximum absolute atomic E-state index is 12.0. The Bertz CT molecular complexity index is 418. The van der Waals surface area contributed by atoms with Gasteiger partial charge in [0, 0.05) is 5.41 Å². The van der Waals surface area contributed by atoms with Crippen LogP contribution in [0.2, 0.25) is 0 Å². The summed E-state index contributed by atoms with van der Waals surface area (Å²) in [5, 5.41) is 0. The van der Waals surface area contributed by atoms with Gasteiger partial charge in [0.1, 0.15) is 6.04 Å². The lowest BCUT2D eigenvalue weighted by Gasteiger charge is -2.28. The Morgan fingerprint density at radius 3 is 2.52 bits per heavy atom. The van der Waals surface area contributed by atoms with E-state index in [0.29, 0.717) is 13.0 Å². The highest BCUT2D eigenvalue weighted by Gasteiger charge is 2.25. The molecule has 21 heavy (non-hydrogen) atoms. The molecule has 118 valence electrons. The van der Waals surface area contributed by atoms with Crippen LogP contribution in [-0.2, 0) is 16.0 Å². The Hall–Kier alpha value is -1.35. The third-order valence-electron chi connectivity index (χ3n) is 4.15. The summed E-state index contributed by atoms with van der Waals surface area (Å²) >= 11 is 0. The van der Waals surface area contributed by atoms with E-state index >= 15 is 0 Å². The number of ether oxygens (including phenoxy) is 1. The molecular formula is C18H29NO2. The minimum atomic E-state index is -0.584. The zero-order chi connectivity index (χ0) is 15.7. The van der Waals surface area contributed by atoms with Gasteiger partial charge in [-0.2, -0.15) is 0 Å². The van der Waals surface area contributed by atoms with Gasteiger partial charge in [0.05, 0.1) is 6.61 Å². The Morgan fingerprint density at radius 1 is 1.29 bits per heavy atom. The van der Waals surface area contributed by atoms with Crippen LogP contribution in [0, 0.1) is 5.41 Å². The fourth-order valence-electron chi connectivity index (χ4n) is 2.26. The summed E-state index contributed by atoms with van der Waals surface area (Å²) in [4.78, 5) is 12.0. The number of carbonyl (C=O) groups is 1. The maximum atomic E-state index is 12.0. The van der Waals surface area contributed by atoms with Crippen LogP contribution in [0.1, 0.15) is 52.0 Å². The lowest BCUT2D eigenvalue weighted by molar-refractivity contribution is -0.148. The zero-order valence-electron chi connectivity index (χ0n) is 13.6. The quantitative estimate of drug-likeness (QED) is 0.706. The predicted molar refractivity (Wildman–Crippen MR) is 87.0 cm³/mol. The van der Waals surface area contributed by atoms with Crippen LogP contribution in [0.15, 0.2) is 30.3 Å². The van der Waals surface area contributed by atoms with E-state index in [1.54, 1.807) is 0 Å². The van der Waals surface area contributed by atoms with Crippen LogP contribution in [-0.4, -0.2) is 18.6 Å². The van der Waals surface area contributed by atoms with E-state index < -0.39 is 6.04 Å². The molecule has 3 nitrogen and oxygen atoms in total. The molecule has 3 heteroatoms. The fraction of sp³-hybridized carbons (Fsp3) is 0.611. The molecule has 0 amide bonds. The molecule has 0 radical (unpaired) electrons. The molecule has 1 rings (SSSR count). The maximum Gasteiger partial charge on any atom is 0.323 e. The fourth-order valence-corrected chi connectivity index (χ4v) is 2.26. The van der Waals surface area contributed by atoms with Gasteiger partial charge in [0.15, 0.2) is 0 Å². The van der Waals surface area contributed by atoms with Crippen molar-refractivity contribution in [3.05, 3.63) is 35.9 Å². The SMILES string of the molecule is CCCCC(C)(CC)COC(=O)C(N)Cc1ccccc1. The van der Waals surface area contributed by atoms with Gasteiger partial charge < -0.3 is 10.5 Å². The van der Waals surface area contributed by atoms with E-state index in [4.69, 9.17) is 10.5 Å². The first-order chi connectivity index (χ1) is 10.0. The van der Waals surface area contributed by atoms with Crippen molar-refractivity contribution < 1.29 is 9.53 Å². The first-order valence-corrected chi connectivity index (χ1v) is 7.97. The lowest BCUT2D eigenvalue weighted by atomic mass is 9.83. The molecule has 0 aliphatic carbocycles. The van der Waals surface area contributed by atoms with Gasteiger partial charge in [-0.15, -0.1) is 0 Å². The molecule has 0 aromatic heterocycles. The number of rotatable bonds is 9. The van der Waals surface area contributed by atoms with Crippen molar-refractivity contribution in [1.29, 1.82) is 0 Å². The van der Waals surface area contributed by atoms with Crippen molar-refractivity contribution in [2.45, 2.75) is 58.9 Å². The summed E-state index contributed by atoms with van der Waals surface area (Å²) in [7, 11) is 0. The van der Waals surface area contributed by atoms with Gasteiger partial charge in [-0.05, 0) is 24.8 Å². The number of unbranched alkanes of at least 4 members (excludes halogenated alkanes) is 1. The van der Waals surface area contributed by atoms with Crippen molar-refractivity contribution in [1.82, 2.24) is 0 Å². The molecule has 2 atom stereocenters. The Kier molecular flexibility index (Phi) is 7.44. The molecule has 1 aromatic carbocycles. The molecule has 0 aliphatic heterocycles. The number of esters is 1. The molecule has 0 spiro atoms. The molecule has 0 aliphatic rings. The summed E-state index contributed by atoms with van der Waals surface area (Å²) in [6.45, 7) is 6.97. The minimum Gasteiger partial charge on any atom is -0.464 e. The smallest absolute Gasteiger partial charge is 0.323 e. The highest BCUT2D eigenvalue weighted by molar-refractivity contribution is 5.75. The van der Waals surface area contributed by atoms with Crippen molar-refractivity contribution in [2.75, 3.05) is 6.61 Å². The summed E-state index contributed by atoms with van der Waals surface area (Å²) < 4.78 is 5.47. The highest BCUT2D eigenvalue weighted by atomic mass is 16.5. The number of carbonyl (C=O) groups excluding carboxylic acids is 1. The van der Waals surface area contributed by atoms with Gasteiger partial charge >= 0.3 is 5.97 Å². The van der Waals surface area contributed by atoms with Crippen LogP contribution >= 0.6 is 0 Å². The Labute approximate surface area is 128 Å². The molecule has 0 saturated carbocycles. The van der Waals surface area contributed by atoms with Crippen LogP contribution in [0.4, 0.5) is 0 Å². The number of hydrogen-bond acceptors (Lipinski definition) is 3. The van der Waals surface area contributed by atoms with Gasteiger partial charge in [-0.25, -0.2) is 0 Å². The van der Waals surface area contributed by atoms with Crippen LogP contribution in [0.25, 0.3) is 0 Å². The van der Waals surface area contributed by atoms with Crippen molar-refractivity contribution in [3.63, 3.8) is 0 Å². The first-order valence-electron chi connectivity index (χ1n) is 7.97. The van der Waals surface area contributed by atoms with Gasteiger partial charge in [-0.1, -0.05) is 63.9 Å². The molecule has 0 saturated heterocycles. The molecular weight excluding hydrogens is 262 g/mol. The van der Waals surface area contributed by atoms with Crippen LogP contribution < -0.4 is 5.73 Å². The van der Waals surface area contributed by atoms with Gasteiger partial charge in [-0.3, -0.25) is 4.79 Å². The standard InChI is InChI=1S/C18H29NO2/c1-4-6-12-18(3,5-2)14-21-17(20)16(19)13-15-10-8-7-9-11-15/h7-11,16H,4-6,12-14,19H2,1-3H3. The molecule has 2 N–H and O–H groups in total. The zero-order valence-corrected chi connectivity index (χ0v) is 13.6. The third kappa shape index (κ3) is 6.30. The summed E-state index contributed by atoms with van der Waals surface area (Å²) in [6.07, 6.45) is 4.95. The number of hydrogen-bond donors (Lipinski definition) is 1. The number of benzene rings is 1. The van der Waals surface area contributed by atoms with Crippen molar-refractivity contribution in [3.8, 4) is 0 Å². The van der Waals surface area contributed by atoms with E-state index in [-0.39, 0.29) is 11.4 Å². The second-order valence-electron chi connectivity index (χ2n) is 6.17. The second kappa shape index (κ2) is 8.83. The van der Waals surface area contributed by atoms with Gasteiger partial charge in [0.2, 0.25) is 0 Å². The predicted octanol–water partition coefficient (Wildman–Crippen LogP) is 3.71. The summed E-state index contributed by atoms with van der Waals surface area (Å²) in [5.41, 5.74) is 7.07. The highest BCUT2D eigenvalue weighted by Crippen LogP contribution is 2.28. The molecule has 0 bridgehead atoms. The molecule has 1 aromatic rings. The van der Waals surface area contributed by atoms with E-state index in [1.165, 1.54) is 0 Å². The average molecular weight is 291 g/mol. The monoisotopic (exact) mass is 291 g/mol. The van der Waals surface area contributed by atoms with Crippen LogP contribution in [0.3, 0.4) is 0 Å². The van der Waals surface area contributed by atoms with E-state index in [2.05, 4.69) is 20.8 Å². The topological polar surface area (TPSA) is 52.3 Å². The van der Waals surface area contributed by atoms with E-state index in [1.807, 2.05) is 30.3 Å². The van der Waals surface area contributed by atoms with Crippen molar-refractivity contribution >= 4 is 5.97 Å². The minimum absolute atomic E-state index is 0.0676. The Balaban J connectivity index is 2.44. The number of nitrogens with two attached hydrogens (primary N) is 1. The molecule has 2 unspecified atom stereocenters. The average Bonchev–Trinajstić information content (AvgIpc) is 2.51. The van der Waals surface area contributed by atoms with Gasteiger partial charge in [0.25, 0.3) is 0 Å². The molecule has 0 fully saturated rings. The summed E-state index contributed by atoms with van der Waals surface area (Å²) in [6, 6.07) is 9.22. The van der Waals surface area contributed by atoms with Crippen LogP contribution in [0.5, 0.6) is 0 Å². The summed E-state index contributed by atoms with van der Waals surface area (Å²) in [5.74, 6) is -0.296. The second-order valence-corrected chi connectivity index (χ2v) is 6.17. The van der Waals surface area contributed by atoms with E-state index in [0.717, 1.165) is 31.2 Å². The largest absolute Gasteiger partial charge is 0.464 e. The Morgan fingerprint density at radius 2 is 1.95 bits per heavy atom. The lowest BCUT2D eigenvalue weighted by Crippen LogP contribution is -2.36. The molecule has 0 heterocycles. The first kappa shape index (κ1) is 17.7.